The van der Waals surface area contributed by atoms with Gasteiger partial charge in [0.1, 0.15) is 0 Å². The molecule has 0 bridgehead atoms. The second-order valence-corrected chi connectivity index (χ2v) is 4.46. The SMILES string of the molecule is CC(CN1CCOCC1)n1cncc1CCl. The molecule has 90 valence electrons. The van der Waals surface area contributed by atoms with Crippen molar-refractivity contribution in [2.24, 2.45) is 0 Å². The van der Waals surface area contributed by atoms with Gasteiger partial charge < -0.3 is 9.30 Å². The fourth-order valence-corrected chi connectivity index (χ4v) is 2.28. The highest BCUT2D eigenvalue weighted by molar-refractivity contribution is 6.16. The Balaban J connectivity index is 1.93. The molecule has 0 radical (unpaired) electrons. The van der Waals surface area contributed by atoms with Crippen LogP contribution in [0.1, 0.15) is 18.7 Å². The first kappa shape index (κ1) is 11.9. The summed E-state index contributed by atoms with van der Waals surface area (Å²) in [5.74, 6) is 0.521. The van der Waals surface area contributed by atoms with Gasteiger partial charge in [0.25, 0.3) is 0 Å². The van der Waals surface area contributed by atoms with E-state index in [9.17, 15) is 0 Å². The van der Waals surface area contributed by atoms with Crippen molar-refractivity contribution in [1.82, 2.24) is 14.5 Å². The minimum Gasteiger partial charge on any atom is -0.379 e. The van der Waals surface area contributed by atoms with Gasteiger partial charge in [0, 0.05) is 31.9 Å². The maximum Gasteiger partial charge on any atom is 0.0951 e. The van der Waals surface area contributed by atoms with Gasteiger partial charge in [-0.05, 0) is 6.92 Å². The molecule has 0 saturated carbocycles. The Hall–Kier alpha value is -0.580. The Labute approximate surface area is 101 Å². The number of nitrogens with zero attached hydrogens (tertiary/aromatic N) is 3. The minimum absolute atomic E-state index is 0.411. The molecule has 1 unspecified atom stereocenters. The van der Waals surface area contributed by atoms with E-state index in [1.807, 2.05) is 12.5 Å². The summed E-state index contributed by atoms with van der Waals surface area (Å²) in [6.07, 6.45) is 3.70. The van der Waals surface area contributed by atoms with E-state index >= 15 is 0 Å². The summed E-state index contributed by atoms with van der Waals surface area (Å²) in [7, 11) is 0. The molecule has 1 aliphatic rings. The molecule has 1 atom stereocenters. The number of hydrogen-bond acceptors (Lipinski definition) is 3. The molecule has 16 heavy (non-hydrogen) atoms. The summed E-state index contributed by atoms with van der Waals surface area (Å²) in [4.78, 5) is 6.57. The second-order valence-electron chi connectivity index (χ2n) is 4.19. The monoisotopic (exact) mass is 243 g/mol. The van der Waals surface area contributed by atoms with Crippen LogP contribution in [0.5, 0.6) is 0 Å². The number of aromatic nitrogens is 2. The molecule has 0 amide bonds. The predicted octanol–water partition coefficient (Wildman–Crippen LogP) is 1.52. The number of hydrogen-bond donors (Lipinski definition) is 0. The molecule has 1 aromatic heterocycles. The maximum atomic E-state index is 5.87. The Morgan fingerprint density at radius 2 is 2.25 bits per heavy atom. The lowest BCUT2D eigenvalue weighted by molar-refractivity contribution is 0.0324. The summed E-state index contributed by atoms with van der Waals surface area (Å²) in [5.41, 5.74) is 1.09. The summed E-state index contributed by atoms with van der Waals surface area (Å²) < 4.78 is 7.49. The Kier molecular flexibility index (Phi) is 4.21. The van der Waals surface area contributed by atoms with E-state index in [1.54, 1.807) is 0 Å². The molecule has 1 aliphatic heterocycles. The number of halogens is 1. The molecule has 0 aliphatic carbocycles. The lowest BCUT2D eigenvalue weighted by Gasteiger charge is -2.29. The van der Waals surface area contributed by atoms with Crippen molar-refractivity contribution in [3.8, 4) is 0 Å². The zero-order valence-corrected chi connectivity index (χ0v) is 10.4. The Bertz CT molecular complexity index is 323. The molecule has 5 heteroatoms. The van der Waals surface area contributed by atoms with Crippen LogP contribution in [0, 0.1) is 0 Å². The van der Waals surface area contributed by atoms with Crippen LogP contribution in [0.15, 0.2) is 12.5 Å². The van der Waals surface area contributed by atoms with Gasteiger partial charge in [-0.1, -0.05) is 0 Å². The van der Waals surface area contributed by atoms with Gasteiger partial charge >= 0.3 is 0 Å². The molecule has 1 saturated heterocycles. The molecule has 1 fully saturated rings. The lowest BCUT2D eigenvalue weighted by atomic mass is 10.2. The Morgan fingerprint density at radius 1 is 1.50 bits per heavy atom. The van der Waals surface area contributed by atoms with E-state index in [-0.39, 0.29) is 0 Å². The molecular formula is C11H18ClN3O. The zero-order chi connectivity index (χ0) is 11.4. The molecule has 1 aromatic rings. The number of ether oxygens (including phenoxy) is 1. The van der Waals surface area contributed by atoms with Gasteiger partial charge in [0.05, 0.1) is 31.1 Å². The maximum absolute atomic E-state index is 5.87. The van der Waals surface area contributed by atoms with Gasteiger partial charge in [0.2, 0.25) is 0 Å². The molecule has 2 heterocycles. The molecule has 2 rings (SSSR count). The van der Waals surface area contributed by atoms with Crippen LogP contribution in [0.25, 0.3) is 0 Å². The largest absolute Gasteiger partial charge is 0.379 e. The fourth-order valence-electron chi connectivity index (χ4n) is 2.08. The molecule has 0 spiro atoms. The van der Waals surface area contributed by atoms with Crippen LogP contribution in [0.3, 0.4) is 0 Å². The third-order valence-electron chi connectivity index (χ3n) is 2.98. The van der Waals surface area contributed by atoms with E-state index in [1.165, 1.54) is 0 Å². The van der Waals surface area contributed by atoms with E-state index in [2.05, 4.69) is 21.4 Å². The van der Waals surface area contributed by atoms with E-state index in [0.29, 0.717) is 11.9 Å². The van der Waals surface area contributed by atoms with Crippen LogP contribution in [0.4, 0.5) is 0 Å². The number of rotatable bonds is 4. The second kappa shape index (κ2) is 5.66. The summed E-state index contributed by atoms with van der Waals surface area (Å²) in [6, 6.07) is 0.411. The first-order valence-electron chi connectivity index (χ1n) is 5.68. The van der Waals surface area contributed by atoms with E-state index in [4.69, 9.17) is 16.3 Å². The van der Waals surface area contributed by atoms with Crippen molar-refractivity contribution in [2.45, 2.75) is 18.8 Å². The van der Waals surface area contributed by atoms with Gasteiger partial charge in [-0.3, -0.25) is 4.90 Å². The van der Waals surface area contributed by atoms with Crippen molar-refractivity contribution in [2.75, 3.05) is 32.8 Å². The number of imidazole rings is 1. The van der Waals surface area contributed by atoms with Crippen molar-refractivity contribution in [1.29, 1.82) is 0 Å². The van der Waals surface area contributed by atoms with Crippen molar-refractivity contribution < 1.29 is 4.74 Å². The van der Waals surface area contributed by atoms with Crippen molar-refractivity contribution in [3.63, 3.8) is 0 Å². The zero-order valence-electron chi connectivity index (χ0n) is 9.60. The summed E-state index contributed by atoms with van der Waals surface area (Å²) in [5, 5.41) is 0. The first-order valence-corrected chi connectivity index (χ1v) is 6.21. The van der Waals surface area contributed by atoms with Gasteiger partial charge in [-0.25, -0.2) is 4.98 Å². The highest BCUT2D eigenvalue weighted by Crippen LogP contribution is 2.14. The minimum atomic E-state index is 0.411. The third kappa shape index (κ3) is 2.75. The van der Waals surface area contributed by atoms with Crippen LogP contribution >= 0.6 is 11.6 Å². The van der Waals surface area contributed by atoms with Gasteiger partial charge in [0.15, 0.2) is 0 Å². The molecular weight excluding hydrogens is 226 g/mol. The fraction of sp³-hybridized carbons (Fsp3) is 0.727. The normalized spacial score (nSPS) is 19.9. The standard InChI is InChI=1S/C11H18ClN3O/c1-10(8-14-2-4-16-5-3-14)15-9-13-7-11(15)6-12/h7,9-10H,2-6,8H2,1H3. The molecule has 0 aromatic carbocycles. The smallest absolute Gasteiger partial charge is 0.0951 e. The quantitative estimate of drug-likeness (QED) is 0.752. The topological polar surface area (TPSA) is 30.3 Å². The highest BCUT2D eigenvalue weighted by Gasteiger charge is 2.15. The van der Waals surface area contributed by atoms with Crippen molar-refractivity contribution >= 4 is 11.6 Å². The first-order chi connectivity index (χ1) is 7.81. The van der Waals surface area contributed by atoms with Crippen LogP contribution in [0.2, 0.25) is 0 Å². The van der Waals surface area contributed by atoms with Gasteiger partial charge in [-0.15, -0.1) is 11.6 Å². The average molecular weight is 244 g/mol. The van der Waals surface area contributed by atoms with Gasteiger partial charge in [-0.2, -0.15) is 0 Å². The third-order valence-corrected chi connectivity index (χ3v) is 3.26. The Morgan fingerprint density at radius 3 is 2.94 bits per heavy atom. The average Bonchev–Trinajstić information content (AvgIpc) is 2.78. The summed E-state index contributed by atoms with van der Waals surface area (Å²) >= 11 is 5.87. The predicted molar refractivity (Wildman–Crippen MR) is 63.8 cm³/mol. The number of alkyl halides is 1. The lowest BCUT2D eigenvalue weighted by Crippen LogP contribution is -2.39. The van der Waals surface area contributed by atoms with E-state index < -0.39 is 0 Å². The summed E-state index contributed by atoms with van der Waals surface area (Å²) in [6.45, 7) is 6.97. The molecule has 4 nitrogen and oxygen atoms in total. The van der Waals surface area contributed by atoms with Crippen LogP contribution < -0.4 is 0 Å². The molecule has 0 N–H and O–H groups in total. The van der Waals surface area contributed by atoms with Crippen molar-refractivity contribution in [3.05, 3.63) is 18.2 Å². The number of morpholine rings is 1. The highest BCUT2D eigenvalue weighted by atomic mass is 35.5. The van der Waals surface area contributed by atoms with Crippen LogP contribution in [-0.2, 0) is 10.6 Å². The van der Waals surface area contributed by atoms with Crippen LogP contribution in [-0.4, -0.2) is 47.3 Å². The van der Waals surface area contributed by atoms with E-state index in [0.717, 1.165) is 38.5 Å².